The second-order valence-corrected chi connectivity index (χ2v) is 6.80. The SMILES string of the molecule is Cc1nc(S(=O)(=O)NCc2ccc(-c3ccco3)nc2)cn1C. The molecule has 0 saturated heterocycles. The van der Waals surface area contributed by atoms with Gasteiger partial charge in [0.1, 0.15) is 11.5 Å². The van der Waals surface area contributed by atoms with Gasteiger partial charge in [-0.3, -0.25) is 4.98 Å². The number of imidazole rings is 1. The van der Waals surface area contributed by atoms with Crippen molar-refractivity contribution < 1.29 is 12.8 Å². The Kier molecular flexibility index (Phi) is 4.01. The fourth-order valence-corrected chi connectivity index (χ4v) is 3.06. The first-order valence-electron chi connectivity index (χ1n) is 6.94. The molecule has 1 N–H and O–H groups in total. The molecule has 0 aromatic carbocycles. The molecular weight excluding hydrogens is 316 g/mol. The first kappa shape index (κ1) is 15.4. The van der Waals surface area contributed by atoms with E-state index in [0.29, 0.717) is 17.3 Å². The van der Waals surface area contributed by atoms with Crippen molar-refractivity contribution in [1.29, 1.82) is 0 Å². The monoisotopic (exact) mass is 332 g/mol. The Bertz CT molecular complexity index is 877. The zero-order valence-electron chi connectivity index (χ0n) is 12.7. The van der Waals surface area contributed by atoms with E-state index in [-0.39, 0.29) is 11.6 Å². The van der Waals surface area contributed by atoms with Crippen molar-refractivity contribution in [3.05, 3.63) is 54.3 Å². The number of furan rings is 1. The average Bonchev–Trinajstić information content (AvgIpc) is 3.17. The molecule has 3 aromatic rings. The van der Waals surface area contributed by atoms with Crippen molar-refractivity contribution in [3.8, 4) is 11.5 Å². The maximum atomic E-state index is 12.2. The Morgan fingerprint density at radius 1 is 1.30 bits per heavy atom. The van der Waals surface area contributed by atoms with E-state index in [9.17, 15) is 8.42 Å². The van der Waals surface area contributed by atoms with E-state index in [4.69, 9.17) is 4.42 Å². The van der Waals surface area contributed by atoms with E-state index in [1.807, 2.05) is 6.07 Å². The molecule has 0 aliphatic carbocycles. The summed E-state index contributed by atoms with van der Waals surface area (Å²) < 4.78 is 33.8. The Morgan fingerprint density at radius 2 is 2.13 bits per heavy atom. The normalized spacial score (nSPS) is 11.7. The molecule has 0 unspecified atom stereocenters. The molecule has 3 heterocycles. The van der Waals surface area contributed by atoms with E-state index in [1.165, 1.54) is 6.20 Å². The minimum Gasteiger partial charge on any atom is -0.463 e. The van der Waals surface area contributed by atoms with Crippen molar-refractivity contribution in [2.24, 2.45) is 7.05 Å². The highest BCUT2D eigenvalue weighted by molar-refractivity contribution is 7.89. The van der Waals surface area contributed by atoms with E-state index in [0.717, 1.165) is 5.56 Å². The van der Waals surface area contributed by atoms with Crippen LogP contribution in [0.25, 0.3) is 11.5 Å². The van der Waals surface area contributed by atoms with E-state index >= 15 is 0 Å². The number of hydrogen-bond donors (Lipinski definition) is 1. The zero-order chi connectivity index (χ0) is 16.4. The van der Waals surface area contributed by atoms with E-state index in [1.54, 1.807) is 49.2 Å². The molecule has 8 heteroatoms. The van der Waals surface area contributed by atoms with Gasteiger partial charge in [0.2, 0.25) is 0 Å². The number of sulfonamides is 1. The van der Waals surface area contributed by atoms with Crippen molar-refractivity contribution in [1.82, 2.24) is 19.3 Å². The van der Waals surface area contributed by atoms with Crippen LogP contribution in [-0.2, 0) is 23.6 Å². The Morgan fingerprint density at radius 3 is 2.70 bits per heavy atom. The minimum absolute atomic E-state index is 0.0117. The van der Waals surface area contributed by atoms with Gasteiger partial charge in [-0.05, 0) is 30.7 Å². The second kappa shape index (κ2) is 5.98. The van der Waals surface area contributed by atoms with Gasteiger partial charge in [0.15, 0.2) is 10.8 Å². The third-order valence-electron chi connectivity index (χ3n) is 3.43. The predicted molar refractivity (Wildman–Crippen MR) is 83.9 cm³/mol. The van der Waals surface area contributed by atoms with Gasteiger partial charge in [0.25, 0.3) is 10.0 Å². The average molecular weight is 332 g/mol. The second-order valence-electron chi connectivity index (χ2n) is 5.09. The molecule has 0 radical (unpaired) electrons. The summed E-state index contributed by atoms with van der Waals surface area (Å²) >= 11 is 0. The Labute approximate surface area is 134 Å². The van der Waals surface area contributed by atoms with E-state index < -0.39 is 10.0 Å². The van der Waals surface area contributed by atoms with Crippen LogP contribution in [0.4, 0.5) is 0 Å². The van der Waals surface area contributed by atoms with Crippen molar-refractivity contribution in [2.75, 3.05) is 0 Å². The number of nitrogens with zero attached hydrogens (tertiary/aromatic N) is 3. The lowest BCUT2D eigenvalue weighted by atomic mass is 10.2. The van der Waals surface area contributed by atoms with Crippen molar-refractivity contribution in [3.63, 3.8) is 0 Å². The molecule has 0 aliphatic heterocycles. The Hall–Kier alpha value is -2.45. The molecule has 0 aliphatic rings. The number of nitrogens with one attached hydrogen (secondary N) is 1. The first-order chi connectivity index (χ1) is 11.0. The highest BCUT2D eigenvalue weighted by Crippen LogP contribution is 2.17. The van der Waals surface area contributed by atoms with Gasteiger partial charge in [0, 0.05) is 26.0 Å². The number of aryl methyl sites for hydroxylation is 2. The maximum Gasteiger partial charge on any atom is 0.259 e. The Balaban J connectivity index is 1.70. The summed E-state index contributed by atoms with van der Waals surface area (Å²) in [7, 11) is -1.89. The van der Waals surface area contributed by atoms with Gasteiger partial charge in [0.05, 0.1) is 6.26 Å². The summed E-state index contributed by atoms with van der Waals surface area (Å²) in [5, 5.41) is 0.0117. The largest absolute Gasteiger partial charge is 0.463 e. The van der Waals surface area contributed by atoms with Crippen LogP contribution in [-0.4, -0.2) is 23.0 Å². The number of rotatable bonds is 5. The van der Waals surface area contributed by atoms with Crippen LogP contribution < -0.4 is 4.72 Å². The molecule has 0 saturated carbocycles. The topological polar surface area (TPSA) is 90.0 Å². The molecule has 0 bridgehead atoms. The van der Waals surface area contributed by atoms with Crippen LogP contribution in [0, 0.1) is 6.92 Å². The third-order valence-corrected chi connectivity index (χ3v) is 4.70. The van der Waals surface area contributed by atoms with Crippen LogP contribution in [0.2, 0.25) is 0 Å². The predicted octanol–water partition coefficient (Wildman–Crippen LogP) is 1.86. The number of pyridine rings is 1. The molecule has 3 aromatic heterocycles. The zero-order valence-corrected chi connectivity index (χ0v) is 13.5. The minimum atomic E-state index is -3.64. The maximum absolute atomic E-state index is 12.2. The van der Waals surface area contributed by atoms with Crippen LogP contribution in [0.3, 0.4) is 0 Å². The fraction of sp³-hybridized carbons (Fsp3) is 0.200. The highest BCUT2D eigenvalue weighted by atomic mass is 32.2. The lowest BCUT2D eigenvalue weighted by Gasteiger charge is -2.04. The molecule has 3 rings (SSSR count). The number of aromatic nitrogens is 3. The van der Waals surface area contributed by atoms with Crippen LogP contribution in [0.1, 0.15) is 11.4 Å². The summed E-state index contributed by atoms with van der Waals surface area (Å²) in [6.45, 7) is 1.89. The van der Waals surface area contributed by atoms with Gasteiger partial charge in [-0.25, -0.2) is 18.1 Å². The molecule has 0 atom stereocenters. The highest BCUT2D eigenvalue weighted by Gasteiger charge is 2.18. The van der Waals surface area contributed by atoms with Gasteiger partial charge >= 0.3 is 0 Å². The molecule has 7 nitrogen and oxygen atoms in total. The summed E-state index contributed by atoms with van der Waals surface area (Å²) in [5.74, 6) is 1.30. The summed E-state index contributed by atoms with van der Waals surface area (Å²) in [6.07, 6.45) is 4.67. The van der Waals surface area contributed by atoms with Crippen LogP contribution in [0.5, 0.6) is 0 Å². The van der Waals surface area contributed by atoms with Crippen molar-refractivity contribution >= 4 is 10.0 Å². The number of hydrogen-bond acceptors (Lipinski definition) is 5. The van der Waals surface area contributed by atoms with Gasteiger partial charge in [-0.1, -0.05) is 6.07 Å². The van der Waals surface area contributed by atoms with Gasteiger partial charge in [-0.2, -0.15) is 0 Å². The standard InChI is InChI=1S/C15H16N4O3S/c1-11-18-15(10-19(11)2)23(20,21)17-9-12-5-6-13(16-8-12)14-4-3-7-22-14/h3-8,10,17H,9H2,1-2H3. The lowest BCUT2D eigenvalue weighted by molar-refractivity contribution is 0.576. The molecule has 0 spiro atoms. The summed E-state index contributed by atoms with van der Waals surface area (Å²) in [6, 6.07) is 7.19. The smallest absolute Gasteiger partial charge is 0.259 e. The molecular formula is C15H16N4O3S. The van der Waals surface area contributed by atoms with Crippen molar-refractivity contribution in [2.45, 2.75) is 18.5 Å². The van der Waals surface area contributed by atoms with Crippen LogP contribution in [0.15, 0.2) is 52.4 Å². The van der Waals surface area contributed by atoms with E-state index in [2.05, 4.69) is 14.7 Å². The fourth-order valence-electron chi connectivity index (χ4n) is 2.01. The van der Waals surface area contributed by atoms with Gasteiger partial charge < -0.3 is 8.98 Å². The summed E-state index contributed by atoms with van der Waals surface area (Å²) in [4.78, 5) is 8.29. The first-order valence-corrected chi connectivity index (χ1v) is 8.42. The third kappa shape index (κ3) is 3.33. The molecule has 23 heavy (non-hydrogen) atoms. The quantitative estimate of drug-likeness (QED) is 0.770. The molecule has 0 amide bonds. The van der Waals surface area contributed by atoms with Crippen LogP contribution >= 0.6 is 0 Å². The molecule has 120 valence electrons. The lowest BCUT2D eigenvalue weighted by Crippen LogP contribution is -2.23. The summed E-state index contributed by atoms with van der Waals surface area (Å²) in [5.41, 5.74) is 1.44. The van der Waals surface area contributed by atoms with Gasteiger partial charge in [-0.15, -0.1) is 0 Å². The molecule has 0 fully saturated rings.